The van der Waals surface area contributed by atoms with Gasteiger partial charge in [0.25, 0.3) is 5.69 Å². The summed E-state index contributed by atoms with van der Waals surface area (Å²) < 4.78 is 5.38. The number of non-ortho nitro benzene ring substituents is 1. The number of hydrogen-bond acceptors (Lipinski definition) is 5. The standard InChI is InChI=1S/C14H17N3O3/c1-14(2)12(7-13(14)20-3)16-11-5-4-10(17(18)19)6-9(11)8-15/h4-6,12-13,16H,7H2,1-3H3. The van der Waals surface area contributed by atoms with Crippen LogP contribution >= 0.6 is 0 Å². The summed E-state index contributed by atoms with van der Waals surface area (Å²) in [6, 6.07) is 6.47. The van der Waals surface area contributed by atoms with Crippen molar-refractivity contribution < 1.29 is 9.66 Å². The average Bonchev–Trinajstić information content (AvgIpc) is 2.42. The van der Waals surface area contributed by atoms with Gasteiger partial charge in [0, 0.05) is 30.7 Å². The predicted molar refractivity (Wildman–Crippen MR) is 74.4 cm³/mol. The summed E-state index contributed by atoms with van der Waals surface area (Å²) in [4.78, 5) is 10.2. The molecule has 0 bridgehead atoms. The molecule has 106 valence electrons. The molecular formula is C14H17N3O3. The van der Waals surface area contributed by atoms with Gasteiger partial charge in [0.15, 0.2) is 0 Å². The summed E-state index contributed by atoms with van der Waals surface area (Å²) >= 11 is 0. The SMILES string of the molecule is COC1CC(Nc2ccc([N+](=O)[O-])cc2C#N)C1(C)C. The van der Waals surface area contributed by atoms with E-state index in [1.165, 1.54) is 12.1 Å². The molecule has 2 atom stereocenters. The van der Waals surface area contributed by atoms with Crippen molar-refractivity contribution >= 4 is 11.4 Å². The molecule has 1 fully saturated rings. The number of nitriles is 1. The number of nitrogens with zero attached hydrogens (tertiary/aromatic N) is 2. The number of nitro groups is 1. The van der Waals surface area contributed by atoms with Gasteiger partial charge in [-0.2, -0.15) is 5.26 Å². The highest BCUT2D eigenvalue weighted by Crippen LogP contribution is 2.44. The summed E-state index contributed by atoms with van der Waals surface area (Å²) in [5.74, 6) is 0. The normalized spacial score (nSPS) is 23.5. The number of ether oxygens (including phenoxy) is 1. The molecule has 1 aliphatic carbocycles. The van der Waals surface area contributed by atoms with E-state index in [1.807, 2.05) is 6.07 Å². The molecule has 0 spiro atoms. The van der Waals surface area contributed by atoms with Crippen molar-refractivity contribution in [2.24, 2.45) is 5.41 Å². The fourth-order valence-electron chi connectivity index (χ4n) is 2.58. The Hall–Kier alpha value is -2.13. The summed E-state index contributed by atoms with van der Waals surface area (Å²) in [5.41, 5.74) is 0.805. The summed E-state index contributed by atoms with van der Waals surface area (Å²) in [6.07, 6.45) is 1.04. The van der Waals surface area contributed by atoms with Crippen molar-refractivity contribution in [3.05, 3.63) is 33.9 Å². The number of nitro benzene ring substituents is 1. The third-order valence-corrected chi connectivity index (χ3v) is 4.13. The van der Waals surface area contributed by atoms with Gasteiger partial charge in [0.05, 0.1) is 22.3 Å². The van der Waals surface area contributed by atoms with Gasteiger partial charge in [-0.25, -0.2) is 0 Å². The van der Waals surface area contributed by atoms with Crippen molar-refractivity contribution in [1.82, 2.24) is 0 Å². The van der Waals surface area contributed by atoms with E-state index in [2.05, 4.69) is 19.2 Å². The van der Waals surface area contributed by atoms with Crippen LogP contribution in [-0.4, -0.2) is 24.2 Å². The molecule has 2 unspecified atom stereocenters. The van der Waals surface area contributed by atoms with Gasteiger partial charge in [-0.1, -0.05) is 13.8 Å². The maximum absolute atomic E-state index is 10.7. The number of hydrogen-bond donors (Lipinski definition) is 1. The van der Waals surface area contributed by atoms with E-state index in [9.17, 15) is 10.1 Å². The molecule has 1 saturated carbocycles. The Bertz CT molecular complexity index is 578. The molecule has 0 radical (unpaired) electrons. The maximum Gasteiger partial charge on any atom is 0.270 e. The van der Waals surface area contributed by atoms with Gasteiger partial charge >= 0.3 is 0 Å². The highest BCUT2D eigenvalue weighted by atomic mass is 16.6. The molecule has 0 aromatic heterocycles. The van der Waals surface area contributed by atoms with E-state index in [1.54, 1.807) is 13.2 Å². The fraction of sp³-hybridized carbons (Fsp3) is 0.500. The molecule has 0 amide bonds. The Balaban J connectivity index is 2.19. The first-order valence-electron chi connectivity index (χ1n) is 6.38. The highest BCUT2D eigenvalue weighted by molar-refractivity contribution is 5.62. The topological polar surface area (TPSA) is 88.2 Å². The van der Waals surface area contributed by atoms with E-state index < -0.39 is 4.92 Å². The van der Waals surface area contributed by atoms with Crippen LogP contribution in [-0.2, 0) is 4.74 Å². The van der Waals surface area contributed by atoms with Gasteiger partial charge in [-0.3, -0.25) is 10.1 Å². The predicted octanol–water partition coefficient (Wildman–Crippen LogP) is 2.69. The molecule has 1 aliphatic rings. The maximum atomic E-state index is 10.7. The van der Waals surface area contributed by atoms with Crippen LogP contribution in [0, 0.1) is 26.9 Å². The number of methoxy groups -OCH3 is 1. The van der Waals surface area contributed by atoms with Gasteiger partial charge in [0.2, 0.25) is 0 Å². The first-order chi connectivity index (χ1) is 9.40. The monoisotopic (exact) mass is 275 g/mol. The van der Waals surface area contributed by atoms with E-state index in [0.29, 0.717) is 5.69 Å². The lowest BCUT2D eigenvalue weighted by molar-refractivity contribution is -0.384. The van der Waals surface area contributed by atoms with Gasteiger partial charge in [0.1, 0.15) is 6.07 Å². The molecule has 1 N–H and O–H groups in total. The Morgan fingerprint density at radius 3 is 2.75 bits per heavy atom. The second-order valence-corrected chi connectivity index (χ2v) is 5.58. The molecular weight excluding hydrogens is 258 g/mol. The van der Waals surface area contributed by atoms with Gasteiger partial charge in [-0.05, 0) is 12.5 Å². The van der Waals surface area contributed by atoms with Crippen molar-refractivity contribution in [2.45, 2.75) is 32.4 Å². The smallest absolute Gasteiger partial charge is 0.270 e. The van der Waals surface area contributed by atoms with Crippen LogP contribution in [0.2, 0.25) is 0 Å². The molecule has 1 aromatic carbocycles. The lowest BCUT2D eigenvalue weighted by Gasteiger charge is -2.51. The Morgan fingerprint density at radius 2 is 2.25 bits per heavy atom. The number of benzene rings is 1. The van der Waals surface area contributed by atoms with Crippen molar-refractivity contribution in [3.8, 4) is 6.07 Å². The average molecular weight is 275 g/mol. The summed E-state index contributed by atoms with van der Waals surface area (Å²) in [7, 11) is 1.69. The summed E-state index contributed by atoms with van der Waals surface area (Å²) in [6.45, 7) is 4.19. The summed E-state index contributed by atoms with van der Waals surface area (Å²) in [5, 5.41) is 23.1. The minimum absolute atomic E-state index is 0.0384. The second kappa shape index (κ2) is 5.10. The minimum atomic E-state index is -0.501. The molecule has 6 nitrogen and oxygen atoms in total. The second-order valence-electron chi connectivity index (χ2n) is 5.58. The number of nitrogens with one attached hydrogen (secondary N) is 1. The van der Waals surface area contributed by atoms with Gasteiger partial charge in [-0.15, -0.1) is 0 Å². The Morgan fingerprint density at radius 1 is 1.55 bits per heavy atom. The molecule has 1 aromatic rings. The largest absolute Gasteiger partial charge is 0.381 e. The molecule has 0 saturated heterocycles. The third kappa shape index (κ3) is 2.32. The van der Waals surface area contributed by atoms with Crippen molar-refractivity contribution in [3.63, 3.8) is 0 Å². The number of rotatable bonds is 4. The highest BCUT2D eigenvalue weighted by Gasteiger charge is 2.48. The van der Waals surface area contributed by atoms with Crippen LogP contribution in [0.15, 0.2) is 18.2 Å². The number of anilines is 1. The molecule has 2 rings (SSSR count). The zero-order valence-corrected chi connectivity index (χ0v) is 11.7. The van der Waals surface area contributed by atoms with Crippen LogP contribution in [0.4, 0.5) is 11.4 Å². The van der Waals surface area contributed by atoms with Crippen LogP contribution in [0.1, 0.15) is 25.8 Å². The van der Waals surface area contributed by atoms with Crippen LogP contribution in [0.5, 0.6) is 0 Å². The minimum Gasteiger partial charge on any atom is -0.381 e. The fourth-order valence-corrected chi connectivity index (χ4v) is 2.58. The van der Waals surface area contributed by atoms with Crippen LogP contribution < -0.4 is 5.32 Å². The van der Waals surface area contributed by atoms with Crippen molar-refractivity contribution in [1.29, 1.82) is 5.26 Å². The lowest BCUT2D eigenvalue weighted by Crippen LogP contribution is -2.57. The van der Waals surface area contributed by atoms with Gasteiger partial charge < -0.3 is 10.1 Å². The Kier molecular flexibility index (Phi) is 3.64. The Labute approximate surface area is 117 Å². The first-order valence-corrected chi connectivity index (χ1v) is 6.38. The van der Waals surface area contributed by atoms with E-state index in [4.69, 9.17) is 10.00 Å². The van der Waals surface area contributed by atoms with Crippen LogP contribution in [0.3, 0.4) is 0 Å². The van der Waals surface area contributed by atoms with E-state index in [-0.39, 0.29) is 28.8 Å². The third-order valence-electron chi connectivity index (χ3n) is 4.13. The molecule has 0 aliphatic heterocycles. The zero-order valence-electron chi connectivity index (χ0n) is 11.7. The lowest BCUT2D eigenvalue weighted by atomic mass is 9.64. The molecule has 0 heterocycles. The molecule has 20 heavy (non-hydrogen) atoms. The quantitative estimate of drug-likeness (QED) is 0.674. The van der Waals surface area contributed by atoms with Crippen molar-refractivity contribution in [2.75, 3.05) is 12.4 Å². The zero-order chi connectivity index (χ0) is 14.9. The van der Waals surface area contributed by atoms with E-state index >= 15 is 0 Å². The molecule has 6 heteroatoms. The first kappa shape index (κ1) is 14.3. The van der Waals surface area contributed by atoms with E-state index in [0.717, 1.165) is 6.42 Å². The van der Waals surface area contributed by atoms with Crippen LogP contribution in [0.25, 0.3) is 0 Å².